The lowest BCUT2D eigenvalue weighted by Gasteiger charge is -2.17. The molecule has 2 aromatic rings. The van der Waals surface area contributed by atoms with Crippen LogP contribution in [0.25, 0.3) is 0 Å². The molecule has 1 aromatic carbocycles. The monoisotopic (exact) mass is 346 g/mol. The number of halogens is 1. The van der Waals surface area contributed by atoms with Gasteiger partial charge in [0.2, 0.25) is 5.91 Å². The Balaban J connectivity index is 1.92. The average molecular weight is 347 g/mol. The fourth-order valence-electron chi connectivity index (χ4n) is 2.41. The van der Waals surface area contributed by atoms with E-state index in [2.05, 4.69) is 20.9 Å². The number of benzene rings is 1. The van der Waals surface area contributed by atoms with Gasteiger partial charge in [0.25, 0.3) is 0 Å². The first-order valence-corrected chi connectivity index (χ1v) is 7.10. The molecular weight excluding hydrogens is 336 g/mol. The van der Waals surface area contributed by atoms with Gasteiger partial charge in [-0.1, -0.05) is 0 Å². The van der Waals surface area contributed by atoms with Gasteiger partial charge >= 0.3 is 5.97 Å². The number of hydrogen-bond donors (Lipinski definition) is 1. The molecule has 6 heteroatoms. The molecule has 0 radical (unpaired) electrons. The van der Waals surface area contributed by atoms with Gasteiger partial charge in [-0.3, -0.25) is 9.78 Å². The highest BCUT2D eigenvalue weighted by Gasteiger charge is 2.28. The third kappa shape index (κ3) is 2.67. The summed E-state index contributed by atoms with van der Waals surface area (Å²) in [6.45, 7) is 0.421. The largest absolute Gasteiger partial charge is 0.478 e. The van der Waals surface area contributed by atoms with Crippen LogP contribution in [0.2, 0.25) is 0 Å². The number of carboxylic acid groups (broad SMARTS) is 1. The van der Waals surface area contributed by atoms with Crippen molar-refractivity contribution in [3.05, 3.63) is 57.8 Å². The highest BCUT2D eigenvalue weighted by molar-refractivity contribution is 9.10. The summed E-state index contributed by atoms with van der Waals surface area (Å²) in [5.74, 6) is -1.02. The Hall–Kier alpha value is -2.21. The minimum Gasteiger partial charge on any atom is -0.478 e. The van der Waals surface area contributed by atoms with Crippen LogP contribution in [0.4, 0.5) is 5.69 Å². The SMILES string of the molecule is O=C(O)c1ccc2c(c1)CC(=O)N2Cc1cncc(Br)c1. The van der Waals surface area contributed by atoms with Gasteiger partial charge in [0, 0.05) is 22.6 Å². The molecule has 106 valence electrons. The van der Waals surface area contributed by atoms with E-state index in [4.69, 9.17) is 5.11 Å². The minimum atomic E-state index is -0.986. The Kier molecular flexibility index (Phi) is 3.47. The van der Waals surface area contributed by atoms with Crippen molar-refractivity contribution in [2.45, 2.75) is 13.0 Å². The van der Waals surface area contributed by atoms with Gasteiger partial charge in [0.1, 0.15) is 0 Å². The molecule has 1 aliphatic heterocycles. The van der Waals surface area contributed by atoms with Gasteiger partial charge in [-0.15, -0.1) is 0 Å². The number of carbonyl (C=O) groups excluding carboxylic acids is 1. The molecule has 0 saturated carbocycles. The fraction of sp³-hybridized carbons (Fsp3) is 0.133. The first-order chi connectivity index (χ1) is 10.0. The van der Waals surface area contributed by atoms with Crippen molar-refractivity contribution >= 4 is 33.5 Å². The van der Waals surface area contributed by atoms with Crippen molar-refractivity contribution in [3.63, 3.8) is 0 Å². The van der Waals surface area contributed by atoms with Crippen LogP contribution in [0.3, 0.4) is 0 Å². The molecule has 3 rings (SSSR count). The molecule has 0 bridgehead atoms. The first kappa shape index (κ1) is 13.8. The minimum absolute atomic E-state index is 0.0347. The summed E-state index contributed by atoms with van der Waals surface area (Å²) in [6, 6.07) is 6.68. The highest BCUT2D eigenvalue weighted by atomic mass is 79.9. The summed E-state index contributed by atoms with van der Waals surface area (Å²) in [7, 11) is 0. The molecular formula is C15H11BrN2O3. The second-order valence-corrected chi connectivity index (χ2v) is 5.73. The Labute approximate surface area is 129 Å². The zero-order valence-corrected chi connectivity index (χ0v) is 12.5. The van der Waals surface area contributed by atoms with Gasteiger partial charge in [-0.25, -0.2) is 4.79 Å². The van der Waals surface area contributed by atoms with Gasteiger partial charge in [0.05, 0.1) is 18.5 Å². The molecule has 0 fully saturated rings. The third-order valence-electron chi connectivity index (χ3n) is 3.36. The molecule has 21 heavy (non-hydrogen) atoms. The van der Waals surface area contributed by atoms with Crippen molar-refractivity contribution in [2.75, 3.05) is 4.90 Å². The molecule has 0 spiro atoms. The molecule has 5 nitrogen and oxygen atoms in total. The number of hydrogen-bond acceptors (Lipinski definition) is 3. The van der Waals surface area contributed by atoms with Crippen LogP contribution in [0.1, 0.15) is 21.5 Å². The number of fused-ring (bicyclic) bond motifs is 1. The lowest BCUT2D eigenvalue weighted by Crippen LogP contribution is -2.26. The second-order valence-electron chi connectivity index (χ2n) is 4.82. The third-order valence-corrected chi connectivity index (χ3v) is 3.80. The quantitative estimate of drug-likeness (QED) is 0.927. The first-order valence-electron chi connectivity index (χ1n) is 6.30. The molecule has 0 aliphatic carbocycles. The van der Waals surface area contributed by atoms with Crippen LogP contribution in [0.15, 0.2) is 41.1 Å². The number of anilines is 1. The van der Waals surface area contributed by atoms with E-state index >= 15 is 0 Å². The second kappa shape index (κ2) is 5.29. The lowest BCUT2D eigenvalue weighted by molar-refractivity contribution is -0.117. The number of aromatic carboxylic acids is 1. The smallest absolute Gasteiger partial charge is 0.335 e. The molecule has 1 aliphatic rings. The summed E-state index contributed by atoms with van der Waals surface area (Å²) in [4.78, 5) is 28.9. The van der Waals surface area contributed by atoms with Gasteiger partial charge in [-0.2, -0.15) is 0 Å². The number of carbonyl (C=O) groups is 2. The number of amides is 1. The van der Waals surface area contributed by atoms with Crippen LogP contribution < -0.4 is 4.90 Å². The van der Waals surface area contributed by atoms with Crippen molar-refractivity contribution in [1.29, 1.82) is 0 Å². The van der Waals surface area contributed by atoms with Crippen LogP contribution >= 0.6 is 15.9 Å². The standard InChI is InChI=1S/C15H11BrN2O3/c16-12-3-9(6-17-7-12)8-18-13-2-1-10(15(20)21)4-11(13)5-14(18)19/h1-4,6-7H,5,8H2,(H,20,21). The summed E-state index contributed by atoms with van der Waals surface area (Å²) in [5, 5.41) is 9.00. The van der Waals surface area contributed by atoms with Crippen molar-refractivity contribution in [1.82, 2.24) is 4.98 Å². The van der Waals surface area contributed by atoms with E-state index < -0.39 is 5.97 Å². The van der Waals surface area contributed by atoms with Crippen molar-refractivity contribution in [2.24, 2.45) is 0 Å². The molecule has 0 unspecified atom stereocenters. The van der Waals surface area contributed by atoms with Crippen molar-refractivity contribution < 1.29 is 14.7 Å². The molecule has 0 saturated heterocycles. The summed E-state index contributed by atoms with van der Waals surface area (Å²) >= 11 is 3.35. The number of aromatic nitrogens is 1. The number of rotatable bonds is 3. The Morgan fingerprint density at radius 3 is 2.86 bits per heavy atom. The van der Waals surface area contributed by atoms with Gasteiger partial charge in [0.15, 0.2) is 0 Å². The highest BCUT2D eigenvalue weighted by Crippen LogP contribution is 2.31. The van der Waals surface area contributed by atoms with Gasteiger partial charge < -0.3 is 10.0 Å². The van der Waals surface area contributed by atoms with Crippen molar-refractivity contribution in [3.8, 4) is 0 Å². The molecule has 1 N–H and O–H groups in total. The van der Waals surface area contributed by atoms with E-state index in [0.29, 0.717) is 6.54 Å². The zero-order valence-electron chi connectivity index (χ0n) is 10.9. The maximum Gasteiger partial charge on any atom is 0.335 e. The van der Waals surface area contributed by atoms with E-state index in [-0.39, 0.29) is 17.9 Å². The topological polar surface area (TPSA) is 70.5 Å². The molecule has 1 amide bonds. The Bertz CT molecular complexity index is 745. The van der Waals surface area contributed by atoms with Crippen LogP contribution in [-0.4, -0.2) is 22.0 Å². The van der Waals surface area contributed by atoms with Crippen LogP contribution in [-0.2, 0) is 17.8 Å². The molecule has 2 heterocycles. The summed E-state index contributed by atoms with van der Waals surface area (Å²) in [5.41, 5.74) is 2.63. The predicted octanol–water partition coefficient (Wildman–Crippen LogP) is 2.63. The van der Waals surface area contributed by atoms with E-state index in [1.165, 1.54) is 6.07 Å². The lowest BCUT2D eigenvalue weighted by atomic mass is 10.1. The van der Waals surface area contributed by atoms with Crippen LogP contribution in [0.5, 0.6) is 0 Å². The average Bonchev–Trinajstić information content (AvgIpc) is 2.74. The molecule has 1 aromatic heterocycles. The van der Waals surface area contributed by atoms with E-state index in [1.807, 2.05) is 6.07 Å². The van der Waals surface area contributed by atoms with E-state index in [9.17, 15) is 9.59 Å². The zero-order chi connectivity index (χ0) is 15.0. The normalized spacial score (nSPS) is 13.4. The molecule has 0 atom stereocenters. The van der Waals surface area contributed by atoms with Gasteiger partial charge in [-0.05, 0) is 51.3 Å². The number of carboxylic acids is 1. The Morgan fingerprint density at radius 2 is 2.14 bits per heavy atom. The fourth-order valence-corrected chi connectivity index (χ4v) is 2.83. The summed E-state index contributed by atoms with van der Waals surface area (Å²) < 4.78 is 0.855. The maximum atomic E-state index is 12.1. The number of nitrogens with zero attached hydrogens (tertiary/aromatic N) is 2. The Morgan fingerprint density at radius 1 is 1.33 bits per heavy atom. The summed E-state index contributed by atoms with van der Waals surface area (Å²) in [6.07, 6.45) is 3.63. The predicted molar refractivity (Wildman–Crippen MR) is 80.2 cm³/mol. The number of pyridine rings is 1. The van der Waals surface area contributed by atoms with E-state index in [0.717, 1.165) is 21.3 Å². The van der Waals surface area contributed by atoms with E-state index in [1.54, 1.807) is 29.4 Å². The van der Waals surface area contributed by atoms with Crippen LogP contribution in [0, 0.1) is 0 Å². The maximum absolute atomic E-state index is 12.1.